The number of pyridine rings is 1. The van der Waals surface area contributed by atoms with Crippen molar-refractivity contribution in [3.63, 3.8) is 0 Å². The minimum atomic E-state index is -0.531. The highest BCUT2D eigenvalue weighted by Gasteiger charge is 2.19. The van der Waals surface area contributed by atoms with Gasteiger partial charge in [-0.05, 0) is 32.9 Å². The van der Waals surface area contributed by atoms with Gasteiger partial charge < -0.3 is 16.0 Å². The molecule has 0 saturated carbocycles. The van der Waals surface area contributed by atoms with Crippen LogP contribution in [0.1, 0.15) is 26.5 Å². The molecule has 0 bridgehead atoms. The van der Waals surface area contributed by atoms with Gasteiger partial charge in [0.15, 0.2) is 0 Å². The van der Waals surface area contributed by atoms with Crippen LogP contribution in [0, 0.1) is 0 Å². The number of rotatable bonds is 6. The highest BCUT2D eigenvalue weighted by Crippen LogP contribution is 2.02. The number of nitrogens with one attached hydrogen (secondary N) is 1. The Kier molecular flexibility index (Phi) is 5.96. The fraction of sp³-hybridized carbons (Fsp3) is 0.500. The normalized spacial score (nSPS) is 11.8. The second kappa shape index (κ2) is 7.47. The molecule has 1 aromatic rings. The third-order valence-corrected chi connectivity index (χ3v) is 3.01. The first-order valence-corrected chi connectivity index (χ1v) is 6.76. The van der Waals surface area contributed by atoms with Crippen LogP contribution in [0.5, 0.6) is 0 Å². The number of nitrogen functional groups attached to an aromatic ring is 1. The van der Waals surface area contributed by atoms with Gasteiger partial charge in [-0.2, -0.15) is 0 Å². The summed E-state index contributed by atoms with van der Waals surface area (Å²) in [4.78, 5) is 29.6. The molecule has 0 aliphatic carbocycles. The number of hydrogen-bond acceptors (Lipinski definition) is 4. The molecule has 1 rings (SSSR count). The van der Waals surface area contributed by atoms with Gasteiger partial charge in [0.25, 0.3) is 0 Å². The van der Waals surface area contributed by atoms with E-state index in [1.54, 1.807) is 24.0 Å². The number of anilines is 1. The molecule has 20 heavy (non-hydrogen) atoms. The van der Waals surface area contributed by atoms with E-state index in [0.717, 1.165) is 0 Å². The van der Waals surface area contributed by atoms with Crippen molar-refractivity contribution in [2.45, 2.75) is 33.2 Å². The number of amides is 2. The summed E-state index contributed by atoms with van der Waals surface area (Å²) >= 11 is 0. The average molecular weight is 278 g/mol. The lowest BCUT2D eigenvalue weighted by atomic mass is 10.2. The standard InChI is InChI=1S/C14H22N4O2/c1-4-18(5-2)14(20)10(3)17-13(19)8-12-7-6-11(15)9-16-12/h6-7,9-10H,4-5,8,15H2,1-3H3,(H,17,19). The van der Waals surface area contributed by atoms with Crippen molar-refractivity contribution < 1.29 is 9.59 Å². The van der Waals surface area contributed by atoms with E-state index in [2.05, 4.69) is 10.3 Å². The molecule has 2 amide bonds. The third-order valence-electron chi connectivity index (χ3n) is 3.01. The zero-order valence-electron chi connectivity index (χ0n) is 12.2. The van der Waals surface area contributed by atoms with Gasteiger partial charge in [-0.1, -0.05) is 0 Å². The third kappa shape index (κ3) is 4.53. The number of nitrogens with zero attached hydrogens (tertiary/aromatic N) is 2. The summed E-state index contributed by atoms with van der Waals surface area (Å²) in [6.07, 6.45) is 1.64. The molecule has 1 aromatic heterocycles. The summed E-state index contributed by atoms with van der Waals surface area (Å²) in [6, 6.07) is 2.86. The summed E-state index contributed by atoms with van der Waals surface area (Å²) in [5, 5.41) is 2.69. The number of carbonyl (C=O) groups is 2. The molecule has 0 aliphatic rings. The smallest absolute Gasteiger partial charge is 0.244 e. The SMILES string of the molecule is CCN(CC)C(=O)C(C)NC(=O)Cc1ccc(N)cn1. The molecule has 1 heterocycles. The molecule has 6 nitrogen and oxygen atoms in total. The minimum Gasteiger partial charge on any atom is -0.397 e. The fourth-order valence-electron chi connectivity index (χ4n) is 1.87. The van der Waals surface area contributed by atoms with Gasteiger partial charge in [0.1, 0.15) is 6.04 Å². The molecule has 0 spiro atoms. The van der Waals surface area contributed by atoms with Gasteiger partial charge in [0.05, 0.1) is 18.3 Å². The highest BCUT2D eigenvalue weighted by atomic mass is 16.2. The van der Waals surface area contributed by atoms with Gasteiger partial charge >= 0.3 is 0 Å². The fourth-order valence-corrected chi connectivity index (χ4v) is 1.87. The molecule has 110 valence electrons. The van der Waals surface area contributed by atoms with E-state index >= 15 is 0 Å². The van der Waals surface area contributed by atoms with Crippen LogP contribution >= 0.6 is 0 Å². The molecule has 0 aliphatic heterocycles. The zero-order valence-corrected chi connectivity index (χ0v) is 12.2. The topological polar surface area (TPSA) is 88.3 Å². The Hall–Kier alpha value is -2.11. The Morgan fingerprint density at radius 1 is 1.35 bits per heavy atom. The van der Waals surface area contributed by atoms with Gasteiger partial charge in [-0.15, -0.1) is 0 Å². The minimum absolute atomic E-state index is 0.0754. The Bertz CT molecular complexity index is 455. The van der Waals surface area contributed by atoms with E-state index in [9.17, 15) is 9.59 Å². The maximum atomic E-state index is 12.0. The predicted molar refractivity (Wildman–Crippen MR) is 77.9 cm³/mol. The van der Waals surface area contributed by atoms with Crippen molar-refractivity contribution in [2.24, 2.45) is 0 Å². The van der Waals surface area contributed by atoms with Crippen molar-refractivity contribution in [2.75, 3.05) is 18.8 Å². The molecule has 3 N–H and O–H groups in total. The van der Waals surface area contributed by atoms with E-state index < -0.39 is 6.04 Å². The maximum Gasteiger partial charge on any atom is 0.244 e. The van der Waals surface area contributed by atoms with Gasteiger partial charge in [0, 0.05) is 18.8 Å². The Labute approximate surface area is 119 Å². The van der Waals surface area contributed by atoms with E-state index in [0.29, 0.717) is 24.5 Å². The molecule has 1 atom stereocenters. The average Bonchev–Trinajstić information content (AvgIpc) is 2.42. The first kappa shape index (κ1) is 15.9. The van der Waals surface area contributed by atoms with Crippen LogP contribution in [0.25, 0.3) is 0 Å². The second-order valence-electron chi connectivity index (χ2n) is 4.56. The highest BCUT2D eigenvalue weighted by molar-refractivity contribution is 5.87. The van der Waals surface area contributed by atoms with Crippen LogP contribution < -0.4 is 11.1 Å². The summed E-state index contributed by atoms with van der Waals surface area (Å²) < 4.78 is 0. The molecular weight excluding hydrogens is 256 g/mol. The number of nitrogens with two attached hydrogens (primary N) is 1. The lowest BCUT2D eigenvalue weighted by molar-refractivity contribution is -0.135. The van der Waals surface area contributed by atoms with E-state index in [1.165, 1.54) is 6.20 Å². The largest absolute Gasteiger partial charge is 0.397 e. The van der Waals surface area contributed by atoms with Gasteiger partial charge in [-0.3, -0.25) is 14.6 Å². The van der Waals surface area contributed by atoms with Crippen molar-refractivity contribution in [1.82, 2.24) is 15.2 Å². The maximum absolute atomic E-state index is 12.0. The molecule has 6 heteroatoms. The summed E-state index contributed by atoms with van der Waals surface area (Å²) in [5.74, 6) is -0.302. The van der Waals surface area contributed by atoms with Crippen molar-refractivity contribution in [3.8, 4) is 0 Å². The zero-order chi connectivity index (χ0) is 15.1. The lowest BCUT2D eigenvalue weighted by Gasteiger charge is -2.23. The number of hydrogen-bond donors (Lipinski definition) is 2. The van der Waals surface area contributed by atoms with E-state index in [1.807, 2.05) is 13.8 Å². The first-order chi connectivity index (χ1) is 9.47. The predicted octanol–water partition coefficient (Wildman–Crippen LogP) is 0.579. The van der Waals surface area contributed by atoms with Crippen LogP contribution in [0.3, 0.4) is 0 Å². The van der Waals surface area contributed by atoms with Crippen LogP contribution in [0.4, 0.5) is 5.69 Å². The molecule has 0 aromatic carbocycles. The Morgan fingerprint density at radius 3 is 2.50 bits per heavy atom. The number of aromatic nitrogens is 1. The molecule has 0 radical (unpaired) electrons. The van der Waals surface area contributed by atoms with Crippen LogP contribution in [0.2, 0.25) is 0 Å². The van der Waals surface area contributed by atoms with Crippen LogP contribution in [0.15, 0.2) is 18.3 Å². The van der Waals surface area contributed by atoms with E-state index in [-0.39, 0.29) is 18.2 Å². The first-order valence-electron chi connectivity index (χ1n) is 6.76. The van der Waals surface area contributed by atoms with Gasteiger partial charge in [-0.25, -0.2) is 0 Å². The Morgan fingerprint density at radius 2 is 2.00 bits per heavy atom. The second-order valence-corrected chi connectivity index (χ2v) is 4.56. The molecule has 0 saturated heterocycles. The molecule has 0 fully saturated rings. The molecular formula is C14H22N4O2. The summed E-state index contributed by atoms with van der Waals surface area (Å²) in [6.45, 7) is 6.78. The lowest BCUT2D eigenvalue weighted by Crippen LogP contribution is -2.47. The van der Waals surface area contributed by atoms with Crippen molar-refractivity contribution in [3.05, 3.63) is 24.0 Å². The van der Waals surface area contributed by atoms with Crippen LogP contribution in [-0.4, -0.2) is 40.8 Å². The number of likely N-dealkylation sites (N-methyl/N-ethyl adjacent to an activating group) is 1. The van der Waals surface area contributed by atoms with Gasteiger partial charge in [0.2, 0.25) is 11.8 Å². The summed E-state index contributed by atoms with van der Waals surface area (Å²) in [5.41, 5.74) is 6.71. The molecule has 1 unspecified atom stereocenters. The summed E-state index contributed by atoms with van der Waals surface area (Å²) in [7, 11) is 0. The van der Waals surface area contributed by atoms with Crippen molar-refractivity contribution in [1.29, 1.82) is 0 Å². The van der Waals surface area contributed by atoms with E-state index in [4.69, 9.17) is 5.73 Å². The quantitative estimate of drug-likeness (QED) is 0.796. The van der Waals surface area contributed by atoms with Crippen LogP contribution in [-0.2, 0) is 16.0 Å². The Balaban J connectivity index is 2.53. The monoisotopic (exact) mass is 278 g/mol. The van der Waals surface area contributed by atoms with Crippen molar-refractivity contribution >= 4 is 17.5 Å². The number of carbonyl (C=O) groups excluding carboxylic acids is 2.